The van der Waals surface area contributed by atoms with E-state index in [4.69, 9.17) is 0 Å². The lowest BCUT2D eigenvalue weighted by molar-refractivity contribution is 0.277. The molecular weight excluding hydrogens is 278 g/mol. The van der Waals surface area contributed by atoms with E-state index in [-0.39, 0.29) is 11.2 Å². The van der Waals surface area contributed by atoms with Crippen LogP contribution in [0.5, 0.6) is 5.75 Å². The molecule has 22 heavy (non-hydrogen) atoms. The van der Waals surface area contributed by atoms with Crippen LogP contribution in [0.3, 0.4) is 0 Å². The fourth-order valence-electron chi connectivity index (χ4n) is 2.63. The maximum Gasteiger partial charge on any atom is 0.223 e. The van der Waals surface area contributed by atoms with Crippen molar-refractivity contribution in [3.8, 4) is 5.75 Å². The molecule has 0 amide bonds. The van der Waals surface area contributed by atoms with Crippen LogP contribution in [0.4, 0.5) is 0 Å². The third kappa shape index (κ3) is 5.46. The molecule has 1 rings (SSSR count). The lowest BCUT2D eigenvalue weighted by Crippen LogP contribution is -2.27. The van der Waals surface area contributed by atoms with Gasteiger partial charge < -0.3 is 14.6 Å². The predicted octanol–water partition coefficient (Wildman–Crippen LogP) is 2.13. The molecule has 0 aliphatic rings. The largest absolute Gasteiger partial charge is 0.503 e. The Morgan fingerprint density at radius 2 is 1.64 bits per heavy atom. The molecule has 5 nitrogen and oxygen atoms in total. The fourth-order valence-corrected chi connectivity index (χ4v) is 2.63. The summed E-state index contributed by atoms with van der Waals surface area (Å²) in [6, 6.07) is 1.57. The first-order chi connectivity index (χ1) is 10.5. The van der Waals surface area contributed by atoms with E-state index in [1.807, 2.05) is 4.57 Å². The van der Waals surface area contributed by atoms with Crippen molar-refractivity contribution in [3.05, 3.63) is 28.2 Å². The number of pyridine rings is 1. The quantitative estimate of drug-likeness (QED) is 0.719. The third-order valence-corrected chi connectivity index (χ3v) is 4.25. The molecule has 0 aliphatic carbocycles. The number of nitrogens with zero attached hydrogens (tertiary/aromatic N) is 3. The van der Waals surface area contributed by atoms with Gasteiger partial charge in [0.05, 0.1) is 6.20 Å². The molecule has 0 fully saturated rings. The molecular formula is C17H31N3O2. The van der Waals surface area contributed by atoms with Gasteiger partial charge in [-0.2, -0.15) is 0 Å². The Labute approximate surface area is 134 Å². The molecule has 126 valence electrons. The van der Waals surface area contributed by atoms with E-state index >= 15 is 0 Å². The Morgan fingerprint density at radius 1 is 1.05 bits per heavy atom. The van der Waals surface area contributed by atoms with Gasteiger partial charge in [0.2, 0.25) is 5.43 Å². The number of aromatic hydroxyl groups is 1. The van der Waals surface area contributed by atoms with Crippen LogP contribution < -0.4 is 5.43 Å². The Kier molecular flexibility index (Phi) is 8.20. The molecule has 0 saturated carbocycles. The zero-order chi connectivity index (χ0) is 16.5. The standard InChI is InChI=1S/C17H31N3O2/c1-5-18(6-2)10-9-11-20-14-17(22)16(21)12-15(20)13-19(7-3)8-4/h12,14,22H,5-11,13H2,1-4H3. The number of rotatable bonds is 10. The predicted molar refractivity (Wildman–Crippen MR) is 91.4 cm³/mol. The molecule has 0 aliphatic heterocycles. The SMILES string of the molecule is CCN(CC)CCCn1cc(O)c(=O)cc1CN(CC)CC. The Hall–Kier alpha value is -1.33. The first-order valence-electron chi connectivity index (χ1n) is 8.42. The van der Waals surface area contributed by atoms with E-state index in [0.29, 0.717) is 0 Å². The third-order valence-electron chi connectivity index (χ3n) is 4.25. The summed E-state index contributed by atoms with van der Waals surface area (Å²) in [7, 11) is 0. The van der Waals surface area contributed by atoms with Crippen LogP contribution >= 0.6 is 0 Å². The first kappa shape index (κ1) is 18.7. The summed E-state index contributed by atoms with van der Waals surface area (Å²) < 4.78 is 2.03. The zero-order valence-electron chi connectivity index (χ0n) is 14.5. The van der Waals surface area contributed by atoms with Gasteiger partial charge in [-0.25, -0.2) is 0 Å². The Bertz CT molecular complexity index is 491. The molecule has 0 radical (unpaired) electrons. The van der Waals surface area contributed by atoms with E-state index in [0.717, 1.165) is 57.9 Å². The van der Waals surface area contributed by atoms with E-state index in [1.165, 1.54) is 0 Å². The van der Waals surface area contributed by atoms with Gasteiger partial charge in [0.25, 0.3) is 0 Å². The van der Waals surface area contributed by atoms with Crippen LogP contribution in [0.1, 0.15) is 39.8 Å². The van der Waals surface area contributed by atoms with E-state index in [1.54, 1.807) is 12.3 Å². The van der Waals surface area contributed by atoms with Gasteiger partial charge >= 0.3 is 0 Å². The highest BCUT2D eigenvalue weighted by molar-refractivity contribution is 5.20. The van der Waals surface area contributed by atoms with E-state index < -0.39 is 0 Å². The van der Waals surface area contributed by atoms with Crippen LogP contribution in [0.15, 0.2) is 17.1 Å². The summed E-state index contributed by atoms with van der Waals surface area (Å²) in [5, 5.41) is 9.72. The number of aryl methyl sites for hydroxylation is 1. The molecule has 0 saturated heterocycles. The first-order valence-corrected chi connectivity index (χ1v) is 8.42. The summed E-state index contributed by atoms with van der Waals surface area (Å²) in [6.07, 6.45) is 2.60. The minimum absolute atomic E-state index is 0.161. The average Bonchev–Trinajstić information content (AvgIpc) is 2.53. The number of aromatic nitrogens is 1. The monoisotopic (exact) mass is 309 g/mol. The van der Waals surface area contributed by atoms with Gasteiger partial charge in [-0.15, -0.1) is 0 Å². The van der Waals surface area contributed by atoms with Crippen molar-refractivity contribution < 1.29 is 5.11 Å². The highest BCUT2D eigenvalue weighted by Gasteiger charge is 2.09. The maximum absolute atomic E-state index is 11.7. The van der Waals surface area contributed by atoms with Crippen molar-refractivity contribution in [2.75, 3.05) is 32.7 Å². The molecule has 1 aromatic rings. The summed E-state index contributed by atoms with van der Waals surface area (Å²) in [5.41, 5.74) is 0.688. The van der Waals surface area contributed by atoms with Gasteiger partial charge in [0.15, 0.2) is 5.75 Å². The summed E-state index contributed by atoms with van der Waals surface area (Å²) in [6.45, 7) is 15.2. The Balaban J connectivity index is 2.82. The minimum atomic E-state index is -0.290. The van der Waals surface area contributed by atoms with Gasteiger partial charge in [0.1, 0.15) is 0 Å². The molecule has 0 unspecified atom stereocenters. The molecule has 0 aromatic carbocycles. The van der Waals surface area contributed by atoms with Crippen LogP contribution in [0, 0.1) is 0 Å². The highest BCUT2D eigenvalue weighted by Crippen LogP contribution is 2.09. The molecule has 1 N–H and O–H groups in total. The second-order valence-electron chi connectivity index (χ2n) is 5.55. The van der Waals surface area contributed by atoms with Crippen molar-refractivity contribution in [1.29, 1.82) is 0 Å². The van der Waals surface area contributed by atoms with Crippen LogP contribution in [0.25, 0.3) is 0 Å². The average molecular weight is 309 g/mol. The number of hydrogen-bond acceptors (Lipinski definition) is 4. The van der Waals surface area contributed by atoms with Crippen molar-refractivity contribution in [3.63, 3.8) is 0 Å². The van der Waals surface area contributed by atoms with Crippen molar-refractivity contribution in [2.45, 2.75) is 47.2 Å². The Morgan fingerprint density at radius 3 is 2.18 bits per heavy atom. The lowest BCUT2D eigenvalue weighted by Gasteiger charge is -2.23. The van der Waals surface area contributed by atoms with Crippen molar-refractivity contribution in [1.82, 2.24) is 14.4 Å². The molecule has 0 spiro atoms. The topological polar surface area (TPSA) is 48.7 Å². The van der Waals surface area contributed by atoms with Crippen LogP contribution in [-0.2, 0) is 13.1 Å². The van der Waals surface area contributed by atoms with Crippen LogP contribution in [0.2, 0.25) is 0 Å². The minimum Gasteiger partial charge on any atom is -0.503 e. The second kappa shape index (κ2) is 9.64. The van der Waals surface area contributed by atoms with Gasteiger partial charge in [0, 0.05) is 24.8 Å². The smallest absolute Gasteiger partial charge is 0.223 e. The second-order valence-corrected chi connectivity index (χ2v) is 5.55. The molecule has 1 aromatic heterocycles. The lowest BCUT2D eigenvalue weighted by atomic mass is 10.2. The summed E-state index contributed by atoms with van der Waals surface area (Å²) >= 11 is 0. The van der Waals surface area contributed by atoms with Gasteiger partial charge in [-0.1, -0.05) is 27.7 Å². The van der Waals surface area contributed by atoms with Gasteiger partial charge in [-0.3, -0.25) is 9.69 Å². The molecule has 0 bridgehead atoms. The van der Waals surface area contributed by atoms with E-state index in [9.17, 15) is 9.90 Å². The number of hydrogen-bond donors (Lipinski definition) is 1. The zero-order valence-corrected chi connectivity index (χ0v) is 14.5. The van der Waals surface area contributed by atoms with Gasteiger partial charge in [-0.05, 0) is 39.1 Å². The highest BCUT2D eigenvalue weighted by atomic mass is 16.3. The molecule has 5 heteroatoms. The maximum atomic E-state index is 11.7. The van der Waals surface area contributed by atoms with E-state index in [2.05, 4.69) is 37.5 Å². The van der Waals surface area contributed by atoms with Crippen LogP contribution in [-0.4, -0.2) is 52.2 Å². The summed E-state index contributed by atoms with van der Waals surface area (Å²) in [5.74, 6) is -0.161. The molecule has 0 atom stereocenters. The molecule has 1 heterocycles. The summed E-state index contributed by atoms with van der Waals surface area (Å²) in [4.78, 5) is 16.4. The fraction of sp³-hybridized carbons (Fsp3) is 0.706. The normalized spacial score (nSPS) is 11.5. The van der Waals surface area contributed by atoms with Crippen molar-refractivity contribution in [2.24, 2.45) is 0 Å². The van der Waals surface area contributed by atoms with Crippen molar-refractivity contribution >= 4 is 0 Å².